The molecule has 0 spiro atoms. The van der Waals surface area contributed by atoms with E-state index in [1.165, 1.54) is 12.5 Å². The number of hydrogen-bond donors (Lipinski definition) is 2. The lowest BCUT2D eigenvalue weighted by molar-refractivity contribution is -0.384. The van der Waals surface area contributed by atoms with Gasteiger partial charge in [-0.1, -0.05) is 6.92 Å². The standard InChI is InChI=1S/C11H16N4O2/c1-7-5-8(7)6-13-11-9(15(16)17)3-4-10(12-2)14-11/h3-4,7-8H,5-6H2,1-2H3,(H2,12,13,14). The van der Waals surface area contributed by atoms with E-state index in [0.717, 1.165) is 6.54 Å². The zero-order valence-corrected chi connectivity index (χ0v) is 9.93. The van der Waals surface area contributed by atoms with E-state index < -0.39 is 4.92 Å². The van der Waals surface area contributed by atoms with Crippen LogP contribution in [0.1, 0.15) is 13.3 Å². The lowest BCUT2D eigenvalue weighted by Gasteiger charge is -2.07. The fraction of sp³-hybridized carbons (Fsp3) is 0.545. The summed E-state index contributed by atoms with van der Waals surface area (Å²) in [5, 5.41) is 16.8. The van der Waals surface area contributed by atoms with Gasteiger partial charge in [-0.3, -0.25) is 10.1 Å². The van der Waals surface area contributed by atoms with E-state index in [0.29, 0.717) is 23.5 Å². The van der Waals surface area contributed by atoms with Gasteiger partial charge in [0.2, 0.25) is 5.82 Å². The van der Waals surface area contributed by atoms with Crippen LogP contribution in [0, 0.1) is 22.0 Å². The Morgan fingerprint density at radius 3 is 2.82 bits per heavy atom. The topological polar surface area (TPSA) is 80.1 Å². The van der Waals surface area contributed by atoms with Gasteiger partial charge in [0.1, 0.15) is 5.82 Å². The van der Waals surface area contributed by atoms with Crippen LogP contribution in [0.4, 0.5) is 17.3 Å². The molecule has 6 heteroatoms. The molecule has 6 nitrogen and oxygen atoms in total. The van der Waals surface area contributed by atoms with Gasteiger partial charge in [-0.25, -0.2) is 4.98 Å². The highest BCUT2D eigenvalue weighted by Gasteiger charge is 2.32. The van der Waals surface area contributed by atoms with Crippen LogP contribution in [0.5, 0.6) is 0 Å². The first-order valence-corrected chi connectivity index (χ1v) is 5.69. The summed E-state index contributed by atoms with van der Waals surface area (Å²) in [6.07, 6.45) is 1.19. The molecule has 2 rings (SSSR count). The normalized spacial score (nSPS) is 22.0. The van der Waals surface area contributed by atoms with Crippen LogP contribution in [0.3, 0.4) is 0 Å². The molecule has 0 aliphatic heterocycles. The molecular weight excluding hydrogens is 220 g/mol. The fourth-order valence-corrected chi connectivity index (χ4v) is 1.78. The molecule has 1 saturated carbocycles. The molecule has 0 aromatic carbocycles. The molecule has 1 aromatic rings. The number of anilines is 2. The second kappa shape index (κ2) is 4.57. The maximum Gasteiger partial charge on any atom is 0.311 e. The summed E-state index contributed by atoms with van der Waals surface area (Å²) in [6.45, 7) is 2.93. The highest BCUT2D eigenvalue weighted by Crippen LogP contribution is 2.38. The van der Waals surface area contributed by atoms with Gasteiger partial charge < -0.3 is 10.6 Å². The highest BCUT2D eigenvalue weighted by atomic mass is 16.6. The SMILES string of the molecule is CNc1ccc([N+](=O)[O-])c(NCC2CC2C)n1. The molecule has 1 fully saturated rings. The average molecular weight is 236 g/mol. The third-order valence-electron chi connectivity index (χ3n) is 3.13. The summed E-state index contributed by atoms with van der Waals surface area (Å²) < 4.78 is 0. The highest BCUT2D eigenvalue weighted by molar-refractivity contribution is 5.60. The molecule has 1 heterocycles. The lowest BCUT2D eigenvalue weighted by atomic mass is 10.3. The van der Waals surface area contributed by atoms with Crippen molar-refractivity contribution in [3.8, 4) is 0 Å². The summed E-state index contributed by atoms with van der Waals surface area (Å²) in [7, 11) is 1.74. The van der Waals surface area contributed by atoms with Crippen molar-refractivity contribution in [2.45, 2.75) is 13.3 Å². The zero-order valence-electron chi connectivity index (χ0n) is 9.93. The molecule has 1 aliphatic carbocycles. The molecule has 1 aliphatic rings. The molecule has 0 radical (unpaired) electrons. The van der Waals surface area contributed by atoms with E-state index in [2.05, 4.69) is 22.5 Å². The van der Waals surface area contributed by atoms with Crippen LogP contribution in [0.25, 0.3) is 0 Å². The number of pyridine rings is 1. The van der Waals surface area contributed by atoms with E-state index in [1.807, 2.05) is 0 Å². The molecule has 92 valence electrons. The molecular formula is C11H16N4O2. The molecule has 0 saturated heterocycles. The number of aromatic nitrogens is 1. The Hall–Kier alpha value is -1.85. The van der Waals surface area contributed by atoms with Gasteiger partial charge >= 0.3 is 5.69 Å². The van der Waals surface area contributed by atoms with Crippen LogP contribution >= 0.6 is 0 Å². The maximum absolute atomic E-state index is 10.9. The zero-order chi connectivity index (χ0) is 12.4. The molecule has 0 amide bonds. The number of nitrogens with zero attached hydrogens (tertiary/aromatic N) is 2. The first-order valence-electron chi connectivity index (χ1n) is 5.69. The van der Waals surface area contributed by atoms with Crippen molar-refractivity contribution in [1.82, 2.24) is 4.98 Å². The Labute approximate surface area is 99.6 Å². The van der Waals surface area contributed by atoms with Crippen molar-refractivity contribution in [2.75, 3.05) is 24.2 Å². The number of nitro groups is 1. The van der Waals surface area contributed by atoms with Gasteiger partial charge in [0.15, 0.2) is 0 Å². The van der Waals surface area contributed by atoms with E-state index in [4.69, 9.17) is 0 Å². The van der Waals surface area contributed by atoms with Crippen LogP contribution in [-0.2, 0) is 0 Å². The van der Waals surface area contributed by atoms with Crippen molar-refractivity contribution in [3.63, 3.8) is 0 Å². The maximum atomic E-state index is 10.9. The Morgan fingerprint density at radius 1 is 1.59 bits per heavy atom. The van der Waals surface area contributed by atoms with Crippen molar-refractivity contribution >= 4 is 17.3 Å². The monoisotopic (exact) mass is 236 g/mol. The minimum Gasteiger partial charge on any atom is -0.373 e. The predicted octanol–water partition coefficient (Wildman–Crippen LogP) is 2.10. The minimum absolute atomic E-state index is 0.0253. The van der Waals surface area contributed by atoms with Gasteiger partial charge in [-0.05, 0) is 24.3 Å². The second-order valence-electron chi connectivity index (χ2n) is 4.43. The number of nitrogens with one attached hydrogen (secondary N) is 2. The molecule has 2 N–H and O–H groups in total. The minimum atomic E-state index is -0.412. The van der Waals surface area contributed by atoms with Gasteiger partial charge in [0.25, 0.3) is 0 Å². The van der Waals surface area contributed by atoms with Crippen molar-refractivity contribution < 1.29 is 4.92 Å². The van der Waals surface area contributed by atoms with Gasteiger partial charge in [0.05, 0.1) is 4.92 Å². The predicted molar refractivity (Wildman–Crippen MR) is 66.2 cm³/mol. The van der Waals surface area contributed by atoms with Crippen LogP contribution in [-0.4, -0.2) is 23.5 Å². The number of rotatable bonds is 5. The summed E-state index contributed by atoms with van der Waals surface area (Å²) in [4.78, 5) is 14.6. The Kier molecular flexibility index (Phi) is 3.12. The van der Waals surface area contributed by atoms with Crippen LogP contribution < -0.4 is 10.6 Å². The van der Waals surface area contributed by atoms with Crippen molar-refractivity contribution in [2.24, 2.45) is 11.8 Å². The molecule has 0 bridgehead atoms. The average Bonchev–Trinajstić information content (AvgIpc) is 3.02. The Morgan fingerprint density at radius 2 is 2.29 bits per heavy atom. The summed E-state index contributed by atoms with van der Waals surface area (Å²) in [5.74, 6) is 2.31. The molecule has 2 atom stereocenters. The quantitative estimate of drug-likeness (QED) is 0.604. The van der Waals surface area contributed by atoms with Crippen LogP contribution in [0.2, 0.25) is 0 Å². The van der Waals surface area contributed by atoms with Gasteiger partial charge in [-0.15, -0.1) is 0 Å². The second-order valence-corrected chi connectivity index (χ2v) is 4.43. The third-order valence-corrected chi connectivity index (χ3v) is 3.13. The van der Waals surface area contributed by atoms with E-state index >= 15 is 0 Å². The largest absolute Gasteiger partial charge is 0.373 e. The third kappa shape index (κ3) is 2.64. The van der Waals surface area contributed by atoms with E-state index in [9.17, 15) is 10.1 Å². The van der Waals surface area contributed by atoms with Gasteiger partial charge in [0, 0.05) is 19.7 Å². The van der Waals surface area contributed by atoms with Crippen LogP contribution in [0.15, 0.2) is 12.1 Å². The molecule has 1 aromatic heterocycles. The molecule has 17 heavy (non-hydrogen) atoms. The molecule has 2 unspecified atom stereocenters. The smallest absolute Gasteiger partial charge is 0.311 e. The summed E-state index contributed by atoms with van der Waals surface area (Å²) in [5.41, 5.74) is 0.0253. The first-order chi connectivity index (χ1) is 8.11. The summed E-state index contributed by atoms with van der Waals surface area (Å²) >= 11 is 0. The van der Waals surface area contributed by atoms with Crippen molar-refractivity contribution in [1.29, 1.82) is 0 Å². The fourth-order valence-electron chi connectivity index (χ4n) is 1.78. The Bertz CT molecular complexity index is 435. The Balaban J connectivity index is 2.13. The lowest BCUT2D eigenvalue weighted by Crippen LogP contribution is -2.09. The number of hydrogen-bond acceptors (Lipinski definition) is 5. The van der Waals surface area contributed by atoms with E-state index in [-0.39, 0.29) is 5.69 Å². The summed E-state index contributed by atoms with van der Waals surface area (Å²) in [6, 6.07) is 3.07. The van der Waals surface area contributed by atoms with E-state index in [1.54, 1.807) is 13.1 Å². The van der Waals surface area contributed by atoms with Crippen molar-refractivity contribution in [3.05, 3.63) is 22.2 Å². The first kappa shape index (κ1) is 11.6. The van der Waals surface area contributed by atoms with Gasteiger partial charge in [-0.2, -0.15) is 0 Å².